The summed E-state index contributed by atoms with van der Waals surface area (Å²) in [6, 6.07) is -0.375. The number of hydrogen-bond acceptors (Lipinski definition) is 4. The molecule has 1 aliphatic heterocycles. The van der Waals surface area contributed by atoms with Crippen molar-refractivity contribution in [3.05, 3.63) is 0 Å². The van der Waals surface area contributed by atoms with E-state index in [-0.39, 0.29) is 11.4 Å². The van der Waals surface area contributed by atoms with E-state index in [2.05, 4.69) is 12.2 Å². The molecule has 3 atom stereocenters. The van der Waals surface area contributed by atoms with Crippen molar-refractivity contribution in [3.63, 3.8) is 0 Å². The molecular formula is C8H16N2O2S. The lowest BCUT2D eigenvalue weighted by Crippen LogP contribution is -2.37. The molecule has 4 N–H and O–H groups in total. The highest BCUT2D eigenvalue weighted by atomic mass is 32.2. The van der Waals surface area contributed by atoms with E-state index >= 15 is 0 Å². The molecule has 76 valence electrons. The zero-order valence-electron chi connectivity index (χ0n) is 7.69. The Balaban J connectivity index is 2.29. The molecule has 13 heavy (non-hydrogen) atoms. The maximum atomic E-state index is 10.6. The summed E-state index contributed by atoms with van der Waals surface area (Å²) < 4.78 is 0. The van der Waals surface area contributed by atoms with Crippen LogP contribution < -0.4 is 11.1 Å². The van der Waals surface area contributed by atoms with E-state index in [1.54, 1.807) is 11.8 Å². The van der Waals surface area contributed by atoms with Crippen molar-refractivity contribution in [2.75, 3.05) is 12.3 Å². The molecule has 1 fully saturated rings. The fourth-order valence-corrected chi connectivity index (χ4v) is 2.66. The lowest BCUT2D eigenvalue weighted by Gasteiger charge is -2.14. The van der Waals surface area contributed by atoms with E-state index in [4.69, 9.17) is 10.8 Å². The average Bonchev–Trinajstić information content (AvgIpc) is 2.52. The Morgan fingerprint density at radius 2 is 2.54 bits per heavy atom. The van der Waals surface area contributed by atoms with Crippen molar-refractivity contribution in [3.8, 4) is 0 Å². The van der Waals surface area contributed by atoms with Crippen LogP contribution in [0.2, 0.25) is 0 Å². The number of hydrogen-bond donors (Lipinski definition) is 3. The number of nitrogens with one attached hydrogen (secondary N) is 1. The highest BCUT2D eigenvalue weighted by Gasteiger charge is 2.29. The Morgan fingerprint density at radius 3 is 3.00 bits per heavy atom. The first kappa shape index (κ1) is 10.8. The minimum atomic E-state index is -0.754. The molecule has 1 rings (SSSR count). The molecule has 4 nitrogen and oxygen atoms in total. The molecule has 0 aromatic carbocycles. The molecule has 0 spiro atoms. The summed E-state index contributed by atoms with van der Waals surface area (Å²) in [4.78, 5) is 10.6. The lowest BCUT2D eigenvalue weighted by molar-refractivity contribution is -0.138. The van der Waals surface area contributed by atoms with Gasteiger partial charge in [-0.3, -0.25) is 10.1 Å². The number of carbonyl (C=O) groups is 1. The molecule has 1 saturated heterocycles. The third-order valence-electron chi connectivity index (χ3n) is 2.17. The van der Waals surface area contributed by atoms with Gasteiger partial charge in [0.25, 0.3) is 0 Å². The van der Waals surface area contributed by atoms with Gasteiger partial charge in [0.15, 0.2) is 0 Å². The summed E-state index contributed by atoms with van der Waals surface area (Å²) in [5, 5.41) is 12.0. The molecule has 0 saturated carbocycles. The van der Waals surface area contributed by atoms with Crippen LogP contribution in [0.15, 0.2) is 0 Å². The number of nitrogens with two attached hydrogens (primary N) is 1. The molecule has 0 radical (unpaired) electrons. The molecule has 0 aliphatic carbocycles. The molecule has 0 aromatic heterocycles. The van der Waals surface area contributed by atoms with E-state index in [1.165, 1.54) is 0 Å². The molecule has 0 amide bonds. The van der Waals surface area contributed by atoms with E-state index in [9.17, 15) is 4.79 Å². The number of aliphatic carboxylic acids is 1. The van der Waals surface area contributed by atoms with E-state index in [0.717, 1.165) is 6.42 Å². The molecule has 0 bridgehead atoms. The van der Waals surface area contributed by atoms with Gasteiger partial charge in [-0.2, -0.15) is 0 Å². The summed E-state index contributed by atoms with van der Waals surface area (Å²) in [7, 11) is 0. The zero-order valence-corrected chi connectivity index (χ0v) is 8.51. The lowest BCUT2D eigenvalue weighted by atomic mass is 10.1. The molecule has 5 heteroatoms. The van der Waals surface area contributed by atoms with Gasteiger partial charge in [-0.25, -0.2) is 0 Å². The largest absolute Gasteiger partial charge is 0.480 e. The predicted octanol–water partition coefficient (Wildman–Crippen LogP) is 0.0870. The second kappa shape index (κ2) is 4.83. The number of thioether (sulfide) groups is 1. The number of rotatable bonds is 4. The second-order valence-corrected chi connectivity index (χ2v) is 4.69. The van der Waals surface area contributed by atoms with Crippen LogP contribution in [0.4, 0.5) is 0 Å². The monoisotopic (exact) mass is 204 g/mol. The minimum Gasteiger partial charge on any atom is -0.480 e. The van der Waals surface area contributed by atoms with Gasteiger partial charge >= 0.3 is 5.97 Å². The maximum absolute atomic E-state index is 10.6. The zero-order chi connectivity index (χ0) is 9.84. The standard InChI is InChI=1S/C8H16N2O2S/c1-5(3-9)2-7-10-6(4-13-7)8(11)12/h5-7,10H,2-4,9H2,1H3,(H,11,12). The molecule has 1 heterocycles. The van der Waals surface area contributed by atoms with Crippen molar-refractivity contribution < 1.29 is 9.90 Å². The quantitative estimate of drug-likeness (QED) is 0.605. The van der Waals surface area contributed by atoms with Gasteiger partial charge in [0.1, 0.15) is 6.04 Å². The number of carboxylic acids is 1. The van der Waals surface area contributed by atoms with Crippen LogP contribution in [-0.4, -0.2) is 34.8 Å². The Bertz CT molecular complexity index is 189. The summed E-state index contributed by atoms with van der Waals surface area (Å²) in [5.74, 6) is 0.366. The van der Waals surface area contributed by atoms with Crippen molar-refractivity contribution in [1.29, 1.82) is 0 Å². The first-order valence-corrected chi connectivity index (χ1v) is 5.49. The van der Waals surface area contributed by atoms with Gasteiger partial charge in [0.05, 0.1) is 5.37 Å². The van der Waals surface area contributed by atoms with Gasteiger partial charge in [0, 0.05) is 5.75 Å². The van der Waals surface area contributed by atoms with Crippen LogP contribution in [-0.2, 0) is 4.79 Å². The predicted molar refractivity (Wildman–Crippen MR) is 53.6 cm³/mol. The normalized spacial score (nSPS) is 30.3. The Kier molecular flexibility index (Phi) is 4.02. The highest BCUT2D eigenvalue weighted by Crippen LogP contribution is 2.24. The fourth-order valence-electron chi connectivity index (χ4n) is 1.27. The summed E-state index contributed by atoms with van der Waals surface area (Å²) >= 11 is 1.67. The van der Waals surface area contributed by atoms with Crippen molar-refractivity contribution in [2.45, 2.75) is 24.8 Å². The Morgan fingerprint density at radius 1 is 1.85 bits per heavy atom. The maximum Gasteiger partial charge on any atom is 0.321 e. The fraction of sp³-hybridized carbons (Fsp3) is 0.875. The third-order valence-corrected chi connectivity index (χ3v) is 3.42. The Hall–Kier alpha value is -0.260. The summed E-state index contributed by atoms with van der Waals surface area (Å²) in [5.41, 5.74) is 5.49. The van der Waals surface area contributed by atoms with E-state index in [1.807, 2.05) is 0 Å². The van der Waals surface area contributed by atoms with Crippen LogP contribution in [0.3, 0.4) is 0 Å². The van der Waals surface area contributed by atoms with Crippen LogP contribution in [0.1, 0.15) is 13.3 Å². The van der Waals surface area contributed by atoms with Gasteiger partial charge in [-0.05, 0) is 18.9 Å². The van der Waals surface area contributed by atoms with Crippen molar-refractivity contribution in [1.82, 2.24) is 5.32 Å². The van der Waals surface area contributed by atoms with Crippen LogP contribution in [0.25, 0.3) is 0 Å². The van der Waals surface area contributed by atoms with E-state index < -0.39 is 5.97 Å². The van der Waals surface area contributed by atoms with Gasteiger partial charge < -0.3 is 10.8 Å². The Labute approximate surface area is 82.3 Å². The van der Waals surface area contributed by atoms with Crippen molar-refractivity contribution in [2.24, 2.45) is 11.7 Å². The molecule has 1 aliphatic rings. The summed E-state index contributed by atoms with van der Waals surface area (Å²) in [6.45, 7) is 2.74. The average molecular weight is 204 g/mol. The topological polar surface area (TPSA) is 75.3 Å². The first-order chi connectivity index (χ1) is 6.13. The van der Waals surface area contributed by atoms with Crippen LogP contribution in [0, 0.1) is 5.92 Å². The highest BCUT2D eigenvalue weighted by molar-refractivity contribution is 8.00. The van der Waals surface area contributed by atoms with E-state index in [0.29, 0.717) is 18.2 Å². The van der Waals surface area contributed by atoms with Crippen molar-refractivity contribution >= 4 is 17.7 Å². The van der Waals surface area contributed by atoms with Crippen LogP contribution >= 0.6 is 11.8 Å². The van der Waals surface area contributed by atoms with Gasteiger partial charge in [0.2, 0.25) is 0 Å². The second-order valence-electron chi connectivity index (χ2n) is 3.46. The SMILES string of the molecule is CC(CN)CC1NC(C(=O)O)CS1. The minimum absolute atomic E-state index is 0.264. The van der Waals surface area contributed by atoms with Gasteiger partial charge in [-0.1, -0.05) is 6.92 Å². The number of carboxylic acid groups (broad SMARTS) is 1. The molecule has 0 aromatic rings. The van der Waals surface area contributed by atoms with Crippen LogP contribution in [0.5, 0.6) is 0 Å². The molecular weight excluding hydrogens is 188 g/mol. The van der Waals surface area contributed by atoms with Gasteiger partial charge in [-0.15, -0.1) is 11.8 Å². The molecule has 3 unspecified atom stereocenters. The smallest absolute Gasteiger partial charge is 0.321 e. The first-order valence-electron chi connectivity index (χ1n) is 4.44. The third kappa shape index (κ3) is 3.17. The summed E-state index contributed by atoms with van der Waals surface area (Å²) in [6.07, 6.45) is 0.949.